The topological polar surface area (TPSA) is 319 Å². The molecule has 0 unspecified atom stereocenters. The Morgan fingerprint density at radius 3 is 1.04 bits per heavy atom. The average molecular weight is 777 g/mol. The maximum absolute atomic E-state index is 12.0. The van der Waals surface area contributed by atoms with Gasteiger partial charge in [-0.25, -0.2) is 33.7 Å². The Morgan fingerprint density at radius 1 is 0.458 bits per heavy atom. The Labute approximate surface area is 361 Å². The van der Waals surface area contributed by atoms with Gasteiger partial charge in [-0.15, -0.1) is 20.5 Å². The molecule has 0 amide bonds. The van der Waals surface area contributed by atoms with Crippen LogP contribution in [0.5, 0.6) is 11.5 Å². The molecule has 0 saturated carbocycles. The minimum atomic E-state index is -5.61. The molecule has 0 aromatic heterocycles. The summed E-state index contributed by atoms with van der Waals surface area (Å²) in [5.41, 5.74) is -3.75. The van der Waals surface area contributed by atoms with Gasteiger partial charge in [0.25, 0.3) is 0 Å². The monoisotopic (exact) mass is 776 g/mol. The van der Waals surface area contributed by atoms with E-state index in [0.29, 0.717) is 12.1 Å². The molecule has 4 aromatic carbocycles. The number of hydrogen-bond donors (Lipinski definition) is 2. The maximum atomic E-state index is 12.0. The van der Waals surface area contributed by atoms with Crippen LogP contribution in [0.3, 0.4) is 0 Å². The first kappa shape index (κ1) is 47.6. The molecule has 0 fully saturated rings. The van der Waals surface area contributed by atoms with Crippen LogP contribution < -0.4 is 118 Å². The first-order chi connectivity index (χ1) is 20.2. The number of fused-ring (bicyclic) bond motifs is 1. The fraction of sp³-hybridized carbons (Fsp3) is 0. The summed E-state index contributed by atoms with van der Waals surface area (Å²) >= 11 is 0. The molecule has 0 bridgehead atoms. The summed E-state index contributed by atoms with van der Waals surface area (Å²) in [5.74, 6) is -2.76. The van der Waals surface area contributed by atoms with E-state index < -0.39 is 105 Å². The molecule has 2 N–H and O–H groups in total. The van der Waals surface area contributed by atoms with Gasteiger partial charge in [-0.1, -0.05) is 24.3 Å². The minimum absolute atomic E-state index is 0. The zero-order chi connectivity index (χ0) is 32.8. The van der Waals surface area contributed by atoms with Gasteiger partial charge in [0.1, 0.15) is 63.2 Å². The maximum Gasteiger partial charge on any atom is 1.00 e. The molecular weight excluding hydrogens is 764 g/mol. The molecule has 0 radical (unpaired) electrons. The van der Waals surface area contributed by atoms with Gasteiger partial charge in [0.15, 0.2) is 11.5 Å². The molecule has 48 heavy (non-hydrogen) atoms. The summed E-state index contributed by atoms with van der Waals surface area (Å²) in [7, 11) is -21.5. The quantitative estimate of drug-likeness (QED) is 0.0954. The number of hydrogen-bond acceptors (Lipinski definition) is 18. The summed E-state index contributed by atoms with van der Waals surface area (Å²) in [6.07, 6.45) is 0. The normalized spacial score (nSPS) is 12.2. The van der Waals surface area contributed by atoms with E-state index in [2.05, 4.69) is 20.5 Å². The van der Waals surface area contributed by atoms with Gasteiger partial charge in [-0.3, -0.25) is 0 Å². The van der Waals surface area contributed by atoms with Gasteiger partial charge in [0.05, 0.1) is 25.0 Å². The molecule has 26 heteroatoms. The van der Waals surface area contributed by atoms with E-state index in [0.717, 1.165) is 36.4 Å². The number of nitrogens with zero attached hydrogens (tertiary/aromatic N) is 4. The van der Waals surface area contributed by atoms with Crippen molar-refractivity contribution in [1.82, 2.24) is 0 Å². The van der Waals surface area contributed by atoms with E-state index in [9.17, 15) is 62.1 Å². The van der Waals surface area contributed by atoms with Crippen molar-refractivity contribution >= 4 is 74.0 Å². The molecule has 0 aliphatic carbocycles. The second-order valence-electron chi connectivity index (χ2n) is 8.39. The molecule has 18 nitrogen and oxygen atoms in total. The Morgan fingerprint density at radius 2 is 0.750 bits per heavy atom. The van der Waals surface area contributed by atoms with Crippen LogP contribution in [-0.2, 0) is 40.5 Å². The zero-order valence-corrected chi connectivity index (χ0v) is 36.3. The third-order valence-electron chi connectivity index (χ3n) is 5.57. The fourth-order valence-electron chi connectivity index (χ4n) is 3.75. The molecular formula is C22H12N4Na4O14S4. The number of azo groups is 2. The molecule has 0 spiro atoms. The molecule has 232 valence electrons. The van der Waals surface area contributed by atoms with E-state index in [1.165, 1.54) is 12.1 Å². The van der Waals surface area contributed by atoms with Crippen molar-refractivity contribution in [2.45, 2.75) is 19.6 Å². The van der Waals surface area contributed by atoms with Crippen LogP contribution >= 0.6 is 0 Å². The first-order valence-electron chi connectivity index (χ1n) is 11.1. The van der Waals surface area contributed by atoms with Gasteiger partial charge in [-0.05, 0) is 41.8 Å². The molecule has 0 saturated heterocycles. The van der Waals surface area contributed by atoms with Gasteiger partial charge < -0.3 is 28.4 Å². The number of benzene rings is 4. The number of phenols is 2. The third kappa shape index (κ3) is 10.8. The molecule has 4 rings (SSSR count). The number of aromatic hydroxyl groups is 2. The van der Waals surface area contributed by atoms with Crippen molar-refractivity contribution in [2.24, 2.45) is 20.5 Å². The van der Waals surface area contributed by atoms with Crippen molar-refractivity contribution in [1.29, 1.82) is 0 Å². The summed E-state index contributed by atoms with van der Waals surface area (Å²) in [6, 6.07) is 9.07. The largest absolute Gasteiger partial charge is 1.00 e. The second-order valence-corrected chi connectivity index (χ2v) is 13.8. The Hall–Kier alpha value is -0.420. The van der Waals surface area contributed by atoms with E-state index in [4.69, 9.17) is 0 Å². The van der Waals surface area contributed by atoms with Crippen molar-refractivity contribution in [3.63, 3.8) is 0 Å². The van der Waals surface area contributed by atoms with E-state index in [-0.39, 0.29) is 118 Å². The van der Waals surface area contributed by atoms with Crippen molar-refractivity contribution < 1.29 is 180 Å². The molecule has 0 atom stereocenters. The summed E-state index contributed by atoms with van der Waals surface area (Å²) in [5, 5.41) is 33.8. The SMILES string of the molecule is O=S(=O)([O-])c1ccccc1/N=N/c1c(S(=O)(=O)[O-])cc2cc(S(=O)(=O)[O-])c(/N=N/c3ccccc3S(=O)(=O)[O-])c(O)c2c1O.[Na+].[Na+].[Na+].[Na+]. The number of phenolic OH excluding ortho intramolecular Hbond substituents is 2. The molecule has 4 aromatic rings. The predicted molar refractivity (Wildman–Crippen MR) is 140 cm³/mol. The molecule has 0 aliphatic heterocycles. The van der Waals surface area contributed by atoms with Crippen LogP contribution in [0.4, 0.5) is 22.7 Å². The summed E-state index contributed by atoms with van der Waals surface area (Å²) in [4.78, 5) is -4.61. The second kappa shape index (κ2) is 17.9. The summed E-state index contributed by atoms with van der Waals surface area (Å²) < 4.78 is 141. The minimum Gasteiger partial charge on any atom is -0.744 e. The Kier molecular flexibility index (Phi) is 17.7. The Balaban J connectivity index is 0.00000552. The molecule has 0 heterocycles. The van der Waals surface area contributed by atoms with Crippen LogP contribution in [0.1, 0.15) is 0 Å². The van der Waals surface area contributed by atoms with E-state index >= 15 is 0 Å². The zero-order valence-electron chi connectivity index (χ0n) is 25.0. The van der Waals surface area contributed by atoms with Crippen LogP contribution in [0.2, 0.25) is 0 Å². The van der Waals surface area contributed by atoms with Crippen LogP contribution in [-0.4, -0.2) is 62.1 Å². The fourth-order valence-corrected chi connectivity index (χ4v) is 6.26. The Bertz CT molecular complexity index is 2210. The third-order valence-corrected chi connectivity index (χ3v) is 9.04. The average Bonchev–Trinajstić information content (AvgIpc) is 2.89. The van der Waals surface area contributed by atoms with Crippen molar-refractivity contribution in [3.05, 3.63) is 60.7 Å². The van der Waals surface area contributed by atoms with Gasteiger partial charge in [0.2, 0.25) is 0 Å². The molecule has 0 aliphatic rings. The summed E-state index contributed by atoms with van der Waals surface area (Å²) in [6.45, 7) is 0. The van der Waals surface area contributed by atoms with Crippen molar-refractivity contribution in [2.75, 3.05) is 0 Å². The van der Waals surface area contributed by atoms with E-state index in [1.54, 1.807) is 0 Å². The first-order valence-corrected chi connectivity index (χ1v) is 16.8. The van der Waals surface area contributed by atoms with Crippen LogP contribution in [0, 0.1) is 0 Å². The predicted octanol–water partition coefficient (Wildman–Crippen LogP) is -9.29. The number of rotatable bonds is 8. The van der Waals surface area contributed by atoms with Crippen LogP contribution in [0.15, 0.2) is 101 Å². The van der Waals surface area contributed by atoms with Gasteiger partial charge in [-0.2, -0.15) is 0 Å². The van der Waals surface area contributed by atoms with E-state index in [1.807, 2.05) is 0 Å². The smallest absolute Gasteiger partial charge is 0.744 e. The van der Waals surface area contributed by atoms with Gasteiger partial charge >= 0.3 is 118 Å². The standard InChI is InChI=1S/C22H16N4O14S4.4Na/c27-21-18-11(9-16(43(35,36)37)19(21)25-23-12-5-1-3-7-14(12)41(29,30)31)10-17(44(38,39)40)20(22(18)28)26-24-13-6-2-4-8-15(13)42(32,33)34;;;;/h1-10,27-28H,(H,29,30,31)(H,32,33,34)(H,35,36,37)(H,38,39,40);;;;/q;4*+1/p-4/b25-23+,26-24+;;;;. The van der Waals surface area contributed by atoms with Crippen molar-refractivity contribution in [3.8, 4) is 11.5 Å². The van der Waals surface area contributed by atoms with Gasteiger partial charge in [0, 0.05) is 0 Å². The van der Waals surface area contributed by atoms with Crippen LogP contribution in [0.25, 0.3) is 10.8 Å².